The van der Waals surface area contributed by atoms with Gasteiger partial charge >= 0.3 is 11.7 Å². The van der Waals surface area contributed by atoms with Gasteiger partial charge in [-0.2, -0.15) is 0 Å². The van der Waals surface area contributed by atoms with E-state index < -0.39 is 16.6 Å². The lowest BCUT2D eigenvalue weighted by molar-refractivity contribution is -0.385. The maximum absolute atomic E-state index is 10.9. The number of rotatable bonds is 8. The van der Waals surface area contributed by atoms with Crippen molar-refractivity contribution >= 4 is 17.5 Å². The summed E-state index contributed by atoms with van der Waals surface area (Å²) >= 11 is 0. The van der Waals surface area contributed by atoms with Gasteiger partial charge in [-0.15, -0.1) is 0 Å². The first-order chi connectivity index (χ1) is 9.06. The van der Waals surface area contributed by atoms with Gasteiger partial charge in [0.1, 0.15) is 17.6 Å². The van der Waals surface area contributed by atoms with Crippen molar-refractivity contribution in [1.82, 2.24) is 4.98 Å². The molecule has 0 saturated heterocycles. The number of pyridine rings is 1. The second-order valence-corrected chi connectivity index (χ2v) is 3.63. The van der Waals surface area contributed by atoms with Gasteiger partial charge in [0.2, 0.25) is 0 Å². The van der Waals surface area contributed by atoms with Gasteiger partial charge in [-0.3, -0.25) is 10.1 Å². The monoisotopic (exact) mass is 269 g/mol. The largest absolute Gasteiger partial charge is 0.477 e. The van der Waals surface area contributed by atoms with Crippen LogP contribution in [-0.4, -0.2) is 40.7 Å². The van der Waals surface area contributed by atoms with Crippen molar-refractivity contribution in [3.8, 4) is 0 Å². The second kappa shape index (κ2) is 7.27. The van der Waals surface area contributed by atoms with E-state index >= 15 is 0 Å². The van der Waals surface area contributed by atoms with Crippen LogP contribution in [0.2, 0.25) is 0 Å². The fraction of sp³-hybridized carbons (Fsp3) is 0.455. The Balaban J connectivity index is 2.68. The van der Waals surface area contributed by atoms with Crippen molar-refractivity contribution in [3.05, 3.63) is 27.9 Å². The van der Waals surface area contributed by atoms with E-state index in [4.69, 9.17) is 9.84 Å². The molecule has 19 heavy (non-hydrogen) atoms. The first-order valence-electron chi connectivity index (χ1n) is 5.75. The Kier molecular flexibility index (Phi) is 5.68. The van der Waals surface area contributed by atoms with E-state index in [1.54, 1.807) is 0 Å². The molecule has 0 saturated carbocycles. The van der Waals surface area contributed by atoms with E-state index in [1.165, 1.54) is 0 Å². The molecule has 0 unspecified atom stereocenters. The van der Waals surface area contributed by atoms with Crippen LogP contribution in [0.5, 0.6) is 0 Å². The molecule has 0 aliphatic heterocycles. The SMILES string of the molecule is CCOCCCNc1cc(C(=O)O)c([N+](=O)[O-])cn1. The quantitative estimate of drug-likeness (QED) is 0.417. The molecule has 2 N–H and O–H groups in total. The summed E-state index contributed by atoms with van der Waals surface area (Å²) in [6.07, 6.45) is 1.67. The number of aromatic carboxylic acids is 1. The van der Waals surface area contributed by atoms with Crippen molar-refractivity contribution < 1.29 is 19.6 Å². The molecule has 8 nitrogen and oxygen atoms in total. The molecule has 1 aromatic heterocycles. The Bertz CT molecular complexity index is 464. The lowest BCUT2D eigenvalue weighted by Gasteiger charge is -2.06. The zero-order valence-electron chi connectivity index (χ0n) is 10.5. The Morgan fingerprint density at radius 3 is 2.95 bits per heavy atom. The van der Waals surface area contributed by atoms with E-state index in [1.807, 2.05) is 6.92 Å². The lowest BCUT2D eigenvalue weighted by atomic mass is 10.2. The number of ether oxygens (including phenoxy) is 1. The number of carbonyl (C=O) groups is 1. The maximum atomic E-state index is 10.9. The van der Waals surface area contributed by atoms with Crippen LogP contribution in [-0.2, 0) is 4.74 Å². The average molecular weight is 269 g/mol. The van der Waals surface area contributed by atoms with E-state index in [0.29, 0.717) is 25.6 Å². The molecule has 0 spiro atoms. The summed E-state index contributed by atoms with van der Waals surface area (Å²) in [5, 5.41) is 22.4. The first kappa shape index (κ1) is 14.8. The molecule has 0 fully saturated rings. The highest BCUT2D eigenvalue weighted by Gasteiger charge is 2.20. The van der Waals surface area contributed by atoms with Gasteiger partial charge in [0, 0.05) is 25.8 Å². The third kappa shape index (κ3) is 4.51. The summed E-state index contributed by atoms with van der Waals surface area (Å²) in [6, 6.07) is 1.15. The zero-order chi connectivity index (χ0) is 14.3. The predicted octanol–water partition coefficient (Wildman–Crippen LogP) is 1.53. The molecule has 1 aromatic rings. The van der Waals surface area contributed by atoms with E-state index in [-0.39, 0.29) is 5.56 Å². The molecule has 1 heterocycles. The summed E-state index contributed by atoms with van der Waals surface area (Å²) < 4.78 is 5.14. The van der Waals surface area contributed by atoms with Crippen molar-refractivity contribution in [3.63, 3.8) is 0 Å². The molecule has 0 atom stereocenters. The molecule has 8 heteroatoms. The van der Waals surface area contributed by atoms with E-state index in [2.05, 4.69) is 10.3 Å². The van der Waals surface area contributed by atoms with Gasteiger partial charge in [-0.05, 0) is 13.3 Å². The molecular formula is C11H15N3O5. The standard InChI is InChI=1S/C11H15N3O5/c1-2-19-5-3-4-12-10-6-8(11(15)16)9(7-13-10)14(17)18/h6-7H,2-5H2,1H3,(H,12,13)(H,15,16). The molecule has 0 amide bonds. The van der Waals surface area contributed by atoms with Crippen LogP contribution < -0.4 is 5.32 Å². The van der Waals surface area contributed by atoms with Crippen molar-refractivity contribution in [2.75, 3.05) is 25.1 Å². The van der Waals surface area contributed by atoms with Crippen LogP contribution >= 0.6 is 0 Å². The Hall–Kier alpha value is -2.22. The summed E-state index contributed by atoms with van der Waals surface area (Å²) in [7, 11) is 0. The average Bonchev–Trinajstić information content (AvgIpc) is 2.38. The van der Waals surface area contributed by atoms with Crippen molar-refractivity contribution in [2.45, 2.75) is 13.3 Å². The van der Waals surface area contributed by atoms with Gasteiger partial charge in [0.05, 0.1) is 4.92 Å². The van der Waals surface area contributed by atoms with Gasteiger partial charge in [-0.1, -0.05) is 0 Å². The molecule has 0 radical (unpaired) electrons. The minimum absolute atomic E-state index is 0.291. The van der Waals surface area contributed by atoms with E-state index in [0.717, 1.165) is 18.7 Å². The molecule has 0 aliphatic rings. The smallest absolute Gasteiger partial charge is 0.342 e. The third-order valence-electron chi connectivity index (χ3n) is 2.29. The molecular weight excluding hydrogens is 254 g/mol. The molecule has 1 rings (SSSR count). The number of carboxylic acid groups (broad SMARTS) is 1. The normalized spacial score (nSPS) is 10.2. The van der Waals surface area contributed by atoms with Crippen LogP contribution in [0.3, 0.4) is 0 Å². The Labute approximate surface area is 109 Å². The predicted molar refractivity (Wildman–Crippen MR) is 67.5 cm³/mol. The minimum Gasteiger partial charge on any atom is -0.477 e. The summed E-state index contributed by atoms with van der Waals surface area (Å²) in [4.78, 5) is 24.6. The second-order valence-electron chi connectivity index (χ2n) is 3.63. The number of nitrogens with one attached hydrogen (secondary N) is 1. The number of anilines is 1. The van der Waals surface area contributed by atoms with Crippen molar-refractivity contribution in [2.24, 2.45) is 0 Å². The number of aromatic nitrogens is 1. The van der Waals surface area contributed by atoms with Crippen molar-refractivity contribution in [1.29, 1.82) is 0 Å². The number of nitrogens with zero attached hydrogens (tertiary/aromatic N) is 2. The minimum atomic E-state index is -1.36. The highest BCUT2D eigenvalue weighted by atomic mass is 16.6. The summed E-state index contributed by atoms with van der Waals surface area (Å²) in [5.74, 6) is -1.06. The van der Waals surface area contributed by atoms with Crippen LogP contribution in [0, 0.1) is 10.1 Å². The van der Waals surface area contributed by atoms with Crippen LogP contribution in [0.1, 0.15) is 23.7 Å². The first-order valence-corrected chi connectivity index (χ1v) is 5.75. The Morgan fingerprint density at radius 1 is 1.63 bits per heavy atom. The fourth-order valence-corrected chi connectivity index (χ4v) is 1.40. The number of hydrogen-bond donors (Lipinski definition) is 2. The lowest BCUT2D eigenvalue weighted by Crippen LogP contribution is -2.09. The fourth-order valence-electron chi connectivity index (χ4n) is 1.40. The highest BCUT2D eigenvalue weighted by molar-refractivity contribution is 5.93. The van der Waals surface area contributed by atoms with Gasteiger partial charge in [-0.25, -0.2) is 9.78 Å². The van der Waals surface area contributed by atoms with Crippen LogP contribution in [0.15, 0.2) is 12.3 Å². The van der Waals surface area contributed by atoms with Gasteiger partial charge < -0.3 is 15.2 Å². The maximum Gasteiger partial charge on any atom is 0.342 e. The molecule has 0 aromatic carbocycles. The van der Waals surface area contributed by atoms with Gasteiger partial charge in [0.15, 0.2) is 0 Å². The summed E-state index contributed by atoms with van der Waals surface area (Å²) in [5.41, 5.74) is -0.903. The zero-order valence-corrected chi connectivity index (χ0v) is 10.5. The van der Waals surface area contributed by atoms with E-state index in [9.17, 15) is 14.9 Å². The highest BCUT2D eigenvalue weighted by Crippen LogP contribution is 2.20. The Morgan fingerprint density at radius 2 is 2.37 bits per heavy atom. The molecule has 104 valence electrons. The number of hydrogen-bond acceptors (Lipinski definition) is 6. The number of nitro groups is 1. The topological polar surface area (TPSA) is 115 Å². The molecule has 0 bridgehead atoms. The molecule has 0 aliphatic carbocycles. The van der Waals surface area contributed by atoms with Crippen LogP contribution in [0.4, 0.5) is 11.5 Å². The van der Waals surface area contributed by atoms with Gasteiger partial charge in [0.25, 0.3) is 0 Å². The van der Waals surface area contributed by atoms with Crippen LogP contribution in [0.25, 0.3) is 0 Å². The third-order valence-corrected chi connectivity index (χ3v) is 2.29. The summed E-state index contributed by atoms with van der Waals surface area (Å²) in [6.45, 7) is 3.66. The number of carboxylic acids is 1.